The Kier molecular flexibility index (Phi) is 5.28. The van der Waals surface area contributed by atoms with E-state index in [2.05, 4.69) is 4.98 Å². The summed E-state index contributed by atoms with van der Waals surface area (Å²) in [4.78, 5) is 17.5. The second kappa shape index (κ2) is 7.57. The van der Waals surface area contributed by atoms with Crippen LogP contribution in [0.5, 0.6) is 0 Å². The zero-order valence-electron chi connectivity index (χ0n) is 15.3. The number of nitrogens with one attached hydrogen (secondary N) is 1. The Morgan fingerprint density at radius 2 is 2.25 bits per heavy atom. The van der Waals surface area contributed by atoms with E-state index < -0.39 is 17.6 Å². The van der Waals surface area contributed by atoms with Gasteiger partial charge in [-0.25, -0.2) is 8.78 Å². The van der Waals surface area contributed by atoms with E-state index in [4.69, 9.17) is 28.6 Å². The molecule has 2 aliphatic rings. The third-order valence-corrected chi connectivity index (χ3v) is 6.30. The molecule has 1 saturated heterocycles. The molecule has 5 nitrogen and oxygen atoms in total. The highest BCUT2D eigenvalue weighted by molar-refractivity contribution is 7.71. The second-order valence-corrected chi connectivity index (χ2v) is 8.12. The molecule has 1 amide bonds. The van der Waals surface area contributed by atoms with Gasteiger partial charge in [-0.1, -0.05) is 11.6 Å². The Bertz CT molecular complexity index is 984. The van der Waals surface area contributed by atoms with Crippen molar-refractivity contribution in [2.75, 3.05) is 20.3 Å². The fourth-order valence-corrected chi connectivity index (χ4v) is 4.54. The van der Waals surface area contributed by atoms with Gasteiger partial charge < -0.3 is 19.2 Å². The van der Waals surface area contributed by atoms with Crippen LogP contribution in [-0.2, 0) is 28.9 Å². The molecule has 2 aliphatic heterocycles. The Morgan fingerprint density at radius 1 is 1.46 bits per heavy atom. The summed E-state index contributed by atoms with van der Waals surface area (Å²) in [5.74, 6) is -1.81. The summed E-state index contributed by atoms with van der Waals surface area (Å²) in [6, 6.07) is 2.47. The van der Waals surface area contributed by atoms with Crippen molar-refractivity contribution in [3.8, 4) is 0 Å². The summed E-state index contributed by atoms with van der Waals surface area (Å²) in [7, 11) is 1.77. The van der Waals surface area contributed by atoms with Crippen molar-refractivity contribution >= 4 is 29.7 Å². The lowest BCUT2D eigenvalue weighted by atomic mass is 9.95. The van der Waals surface area contributed by atoms with Crippen LogP contribution < -0.4 is 0 Å². The predicted molar refractivity (Wildman–Crippen MR) is 103 cm³/mol. The maximum Gasteiger partial charge on any atom is 0.228 e. The molecular formula is C19H20ClF2N3O2S. The number of halogens is 3. The topological polar surface area (TPSA) is 50.3 Å². The number of ether oxygens (including phenoxy) is 1. The highest BCUT2D eigenvalue weighted by atomic mass is 35.5. The number of carbonyl (C=O) groups is 1. The van der Waals surface area contributed by atoms with Crippen LogP contribution in [0.1, 0.15) is 29.3 Å². The minimum atomic E-state index is -0.731. The van der Waals surface area contributed by atoms with Crippen LogP contribution in [-0.4, -0.2) is 46.7 Å². The zero-order valence-corrected chi connectivity index (χ0v) is 16.9. The maximum absolute atomic E-state index is 14.4. The minimum absolute atomic E-state index is 0.0249. The summed E-state index contributed by atoms with van der Waals surface area (Å²) < 4.78 is 36.4. The molecule has 0 radical (unpaired) electrons. The zero-order chi connectivity index (χ0) is 20.0. The van der Waals surface area contributed by atoms with Crippen LogP contribution in [0, 0.1) is 16.4 Å². The van der Waals surface area contributed by atoms with Crippen molar-refractivity contribution in [1.29, 1.82) is 0 Å². The molecule has 0 spiro atoms. The Labute approximate surface area is 171 Å². The summed E-state index contributed by atoms with van der Waals surface area (Å²) in [6.45, 7) is 1.55. The van der Waals surface area contributed by atoms with Gasteiger partial charge in [0.1, 0.15) is 11.6 Å². The highest BCUT2D eigenvalue weighted by Gasteiger charge is 2.33. The number of fused-ring (bicyclic) bond motifs is 1. The molecule has 1 aromatic carbocycles. The first kappa shape index (κ1) is 19.5. The molecule has 28 heavy (non-hydrogen) atoms. The van der Waals surface area contributed by atoms with Crippen molar-refractivity contribution in [2.45, 2.75) is 37.8 Å². The number of aromatic amines is 1. The molecule has 4 rings (SSSR count). The number of amides is 1. The normalized spacial score (nSPS) is 21.1. The van der Waals surface area contributed by atoms with Gasteiger partial charge in [-0.2, -0.15) is 0 Å². The molecule has 9 heteroatoms. The third-order valence-electron chi connectivity index (χ3n) is 5.68. The minimum Gasteiger partial charge on any atom is -0.379 e. The van der Waals surface area contributed by atoms with Crippen molar-refractivity contribution in [2.24, 2.45) is 0 Å². The van der Waals surface area contributed by atoms with Crippen LogP contribution in [0.2, 0.25) is 5.02 Å². The summed E-state index contributed by atoms with van der Waals surface area (Å²) in [5.41, 5.74) is 1.49. The van der Waals surface area contributed by atoms with Gasteiger partial charge >= 0.3 is 0 Å². The van der Waals surface area contributed by atoms with E-state index in [-0.39, 0.29) is 29.0 Å². The number of hydrogen-bond acceptors (Lipinski definition) is 3. The first-order valence-corrected chi connectivity index (χ1v) is 9.92. The molecule has 2 unspecified atom stereocenters. The van der Waals surface area contributed by atoms with E-state index in [9.17, 15) is 13.6 Å². The smallest absolute Gasteiger partial charge is 0.228 e. The molecule has 1 aromatic heterocycles. The van der Waals surface area contributed by atoms with Crippen molar-refractivity contribution in [3.63, 3.8) is 0 Å². The van der Waals surface area contributed by atoms with Gasteiger partial charge in [0.05, 0.1) is 24.1 Å². The van der Waals surface area contributed by atoms with Crippen LogP contribution >= 0.6 is 23.8 Å². The Hall–Kier alpha value is -1.77. The van der Waals surface area contributed by atoms with Gasteiger partial charge in [-0.15, -0.1) is 0 Å². The number of rotatable bonds is 4. The maximum atomic E-state index is 14.4. The number of H-pyrrole nitrogens is 1. The molecule has 0 aliphatic carbocycles. The van der Waals surface area contributed by atoms with E-state index in [1.807, 2.05) is 4.57 Å². The Balaban J connectivity index is 1.57. The van der Waals surface area contributed by atoms with Gasteiger partial charge in [-0.3, -0.25) is 4.79 Å². The lowest BCUT2D eigenvalue weighted by Gasteiger charge is -2.23. The molecule has 2 atom stereocenters. The van der Waals surface area contributed by atoms with Crippen LogP contribution in [0.15, 0.2) is 12.1 Å². The quantitative estimate of drug-likeness (QED) is 0.599. The average molecular weight is 428 g/mol. The molecule has 0 saturated carbocycles. The highest BCUT2D eigenvalue weighted by Crippen LogP contribution is 2.36. The molecule has 0 bridgehead atoms. The Morgan fingerprint density at radius 3 is 2.96 bits per heavy atom. The molecule has 2 aromatic rings. The van der Waals surface area contributed by atoms with Crippen molar-refractivity contribution in [1.82, 2.24) is 14.5 Å². The summed E-state index contributed by atoms with van der Waals surface area (Å²) in [5, 5.41) is -0.103. The average Bonchev–Trinajstić information content (AvgIpc) is 3.38. The molecule has 1 N–H and O–H groups in total. The van der Waals surface area contributed by atoms with Gasteiger partial charge in [0.25, 0.3) is 0 Å². The van der Waals surface area contributed by atoms with Gasteiger partial charge in [0.15, 0.2) is 4.77 Å². The van der Waals surface area contributed by atoms with E-state index in [0.717, 1.165) is 12.1 Å². The fourth-order valence-electron chi connectivity index (χ4n) is 4.06. The van der Waals surface area contributed by atoms with Gasteiger partial charge in [0, 0.05) is 43.1 Å². The summed E-state index contributed by atoms with van der Waals surface area (Å²) in [6.07, 6.45) is 1.37. The fraction of sp³-hybridized carbons (Fsp3) is 0.474. The first-order valence-electron chi connectivity index (χ1n) is 9.14. The number of nitrogens with zero attached hydrogens (tertiary/aromatic N) is 2. The lowest BCUT2D eigenvalue weighted by Crippen LogP contribution is -2.38. The van der Waals surface area contributed by atoms with E-state index in [1.54, 1.807) is 11.9 Å². The first-order chi connectivity index (χ1) is 13.4. The molecule has 1 fully saturated rings. The number of benzene rings is 1. The van der Waals surface area contributed by atoms with Crippen molar-refractivity contribution in [3.05, 3.63) is 50.5 Å². The van der Waals surface area contributed by atoms with Gasteiger partial charge in [-0.05, 0) is 37.2 Å². The number of likely N-dealkylation sites (N-methyl/N-ethyl adjacent to an activating group) is 1. The largest absolute Gasteiger partial charge is 0.379 e. The summed E-state index contributed by atoms with van der Waals surface area (Å²) >= 11 is 11.2. The number of carbonyl (C=O) groups excluding carboxylic acids is 1. The van der Waals surface area contributed by atoms with Crippen molar-refractivity contribution < 1.29 is 18.3 Å². The van der Waals surface area contributed by atoms with Crippen LogP contribution in [0.25, 0.3) is 0 Å². The molecular weight excluding hydrogens is 408 g/mol. The van der Waals surface area contributed by atoms with E-state index >= 15 is 0 Å². The van der Waals surface area contributed by atoms with E-state index in [0.29, 0.717) is 36.6 Å². The number of imidazole rings is 1. The van der Waals surface area contributed by atoms with Crippen LogP contribution in [0.3, 0.4) is 0 Å². The third kappa shape index (κ3) is 3.38. The second-order valence-electron chi connectivity index (χ2n) is 7.32. The number of hydrogen-bond donors (Lipinski definition) is 1. The lowest BCUT2D eigenvalue weighted by molar-refractivity contribution is -0.131. The standard InChI is InChI=1S/C19H20ClF2N3O2S/c1-24(11-4-5-27-9-11)16(26)7-14-15-6-10(8-25(15)19(28)23-14)17-13(21)3-2-12(20)18(17)22/h2-3,10-11H,4-9H2,1H3,(H,23,28). The van der Waals surface area contributed by atoms with Gasteiger partial charge in [0.2, 0.25) is 5.91 Å². The molecule has 3 heterocycles. The number of aromatic nitrogens is 2. The van der Waals surface area contributed by atoms with Crippen LogP contribution in [0.4, 0.5) is 8.78 Å². The predicted octanol–water partition coefficient (Wildman–Crippen LogP) is 3.61. The SMILES string of the molecule is CN(C(=O)Cc1[nH]c(=S)n2c1CC(c1c(F)ccc(Cl)c1F)C2)C1CCOC1. The van der Waals surface area contributed by atoms with E-state index in [1.165, 1.54) is 12.1 Å². The molecule has 150 valence electrons. The monoisotopic (exact) mass is 427 g/mol.